The highest BCUT2D eigenvalue weighted by Crippen LogP contribution is 2.59. The third-order valence-electron chi connectivity index (χ3n) is 2.62. The summed E-state index contributed by atoms with van der Waals surface area (Å²) in [6.45, 7) is 0. The molecule has 0 aliphatic heterocycles. The Labute approximate surface area is 121 Å². The molecular formula is C11H8Br2Cl2O. The molecule has 5 heteroatoms. The predicted octanol–water partition coefficient (Wildman–Crippen LogP) is 4.65. The van der Waals surface area contributed by atoms with Crippen LogP contribution in [0.3, 0.4) is 0 Å². The molecule has 1 saturated carbocycles. The molecule has 1 aromatic rings. The van der Waals surface area contributed by atoms with Crippen molar-refractivity contribution in [2.24, 2.45) is 0 Å². The van der Waals surface area contributed by atoms with Gasteiger partial charge in [-0.05, 0) is 12.0 Å². The lowest BCUT2D eigenvalue weighted by atomic mass is 10.1. The lowest BCUT2D eigenvalue weighted by molar-refractivity contribution is 0.101. The zero-order valence-electron chi connectivity index (χ0n) is 8.09. The molecule has 1 fully saturated rings. The molecule has 0 N–H and O–H groups in total. The van der Waals surface area contributed by atoms with E-state index in [0.717, 1.165) is 12.0 Å². The summed E-state index contributed by atoms with van der Waals surface area (Å²) in [6, 6.07) is 7.42. The highest BCUT2D eigenvalue weighted by Gasteiger charge is 2.52. The maximum Gasteiger partial charge on any atom is 0.187 e. The van der Waals surface area contributed by atoms with Gasteiger partial charge in [-0.1, -0.05) is 56.1 Å². The van der Waals surface area contributed by atoms with Gasteiger partial charge in [0.2, 0.25) is 0 Å². The van der Waals surface area contributed by atoms with Gasteiger partial charge in [-0.25, -0.2) is 0 Å². The molecule has 0 spiro atoms. The second kappa shape index (κ2) is 4.60. The lowest BCUT2D eigenvalue weighted by Crippen LogP contribution is -2.06. The van der Waals surface area contributed by atoms with Crippen molar-refractivity contribution in [2.75, 3.05) is 0 Å². The Morgan fingerprint density at radius 3 is 2.19 bits per heavy atom. The van der Waals surface area contributed by atoms with E-state index in [-0.39, 0.29) is 15.4 Å². The van der Waals surface area contributed by atoms with Crippen LogP contribution in [0.15, 0.2) is 24.3 Å². The minimum atomic E-state index is -0.612. The second-order valence-electron chi connectivity index (χ2n) is 3.80. The van der Waals surface area contributed by atoms with Crippen molar-refractivity contribution >= 4 is 60.8 Å². The summed E-state index contributed by atoms with van der Waals surface area (Å²) in [5.41, 5.74) is 1.75. The fourth-order valence-electron chi connectivity index (χ4n) is 1.58. The highest BCUT2D eigenvalue weighted by atomic mass is 79.9. The predicted molar refractivity (Wildman–Crippen MR) is 74.2 cm³/mol. The first-order valence-electron chi connectivity index (χ1n) is 4.72. The van der Waals surface area contributed by atoms with Crippen LogP contribution in [0.1, 0.15) is 28.3 Å². The van der Waals surface area contributed by atoms with E-state index in [1.807, 2.05) is 12.1 Å². The first-order chi connectivity index (χ1) is 7.42. The summed E-state index contributed by atoms with van der Waals surface area (Å²) in [5, 5.41) is 0. The molecule has 16 heavy (non-hydrogen) atoms. The number of hydrogen-bond acceptors (Lipinski definition) is 1. The van der Waals surface area contributed by atoms with Crippen molar-refractivity contribution in [3.05, 3.63) is 35.4 Å². The topological polar surface area (TPSA) is 17.1 Å². The molecule has 1 atom stereocenters. The van der Waals surface area contributed by atoms with Crippen molar-refractivity contribution in [1.82, 2.24) is 0 Å². The van der Waals surface area contributed by atoms with E-state index < -0.39 is 4.33 Å². The number of halogens is 4. The average Bonchev–Trinajstić information content (AvgIpc) is 2.87. The number of ketones is 1. The molecular weight excluding hydrogens is 379 g/mol. The largest absolute Gasteiger partial charge is 0.292 e. The molecule has 0 bridgehead atoms. The lowest BCUT2D eigenvalue weighted by Gasteiger charge is -2.04. The number of carbonyl (C=O) groups is 1. The van der Waals surface area contributed by atoms with Crippen molar-refractivity contribution in [3.8, 4) is 0 Å². The number of benzene rings is 1. The van der Waals surface area contributed by atoms with Crippen molar-refractivity contribution < 1.29 is 4.79 Å². The van der Waals surface area contributed by atoms with Crippen LogP contribution >= 0.6 is 55.1 Å². The van der Waals surface area contributed by atoms with E-state index in [0.29, 0.717) is 5.56 Å². The van der Waals surface area contributed by atoms with Crippen LogP contribution in [0, 0.1) is 0 Å². The molecule has 1 aliphatic rings. The molecule has 86 valence electrons. The van der Waals surface area contributed by atoms with Gasteiger partial charge in [-0.2, -0.15) is 0 Å². The third kappa shape index (κ3) is 2.63. The van der Waals surface area contributed by atoms with Crippen LogP contribution in [0.25, 0.3) is 0 Å². The summed E-state index contributed by atoms with van der Waals surface area (Å²) < 4.78 is -0.953. The van der Waals surface area contributed by atoms with E-state index in [2.05, 4.69) is 31.9 Å². The molecule has 0 saturated heterocycles. The first-order valence-corrected chi connectivity index (χ1v) is 7.30. The Bertz CT molecular complexity index is 414. The zero-order valence-corrected chi connectivity index (χ0v) is 12.8. The minimum absolute atomic E-state index is 0.00496. The summed E-state index contributed by atoms with van der Waals surface area (Å²) in [7, 11) is 0. The highest BCUT2D eigenvalue weighted by molar-refractivity contribution is 9.25. The molecule has 0 radical (unpaired) electrons. The standard InChI is InChI=1S/C11H8Br2Cl2O/c12-10(13)9(16)7-3-1-6(2-4-7)8-5-11(8,14)15/h1-4,8,10H,5H2/t8-/m1/s1. The van der Waals surface area contributed by atoms with Crippen molar-refractivity contribution in [2.45, 2.75) is 20.4 Å². The van der Waals surface area contributed by atoms with Crippen LogP contribution in [0.2, 0.25) is 0 Å². The van der Waals surface area contributed by atoms with E-state index in [1.165, 1.54) is 0 Å². The van der Waals surface area contributed by atoms with Gasteiger partial charge in [0.25, 0.3) is 0 Å². The van der Waals surface area contributed by atoms with Gasteiger partial charge >= 0.3 is 0 Å². The summed E-state index contributed by atoms with van der Waals surface area (Å²) in [5.74, 6) is 0.203. The number of hydrogen-bond donors (Lipinski definition) is 0. The first kappa shape index (κ1) is 12.9. The Hall–Kier alpha value is 0.430. The zero-order chi connectivity index (χ0) is 11.9. The van der Waals surface area contributed by atoms with Gasteiger partial charge in [0.15, 0.2) is 5.78 Å². The minimum Gasteiger partial charge on any atom is -0.292 e. The van der Waals surface area contributed by atoms with Gasteiger partial charge in [-0.3, -0.25) is 4.79 Å². The Morgan fingerprint density at radius 1 is 1.31 bits per heavy atom. The quantitative estimate of drug-likeness (QED) is 0.546. The van der Waals surface area contributed by atoms with E-state index in [9.17, 15) is 4.79 Å². The average molecular weight is 387 g/mol. The fraction of sp³-hybridized carbons (Fsp3) is 0.364. The molecule has 0 unspecified atom stereocenters. The van der Waals surface area contributed by atoms with Crippen LogP contribution < -0.4 is 0 Å². The number of Topliss-reactive ketones (excluding diaryl/α,β-unsaturated/α-hetero) is 1. The van der Waals surface area contributed by atoms with Crippen LogP contribution in [0.4, 0.5) is 0 Å². The van der Waals surface area contributed by atoms with Gasteiger partial charge in [0.1, 0.15) is 8.07 Å². The molecule has 2 rings (SSSR count). The van der Waals surface area contributed by atoms with Crippen LogP contribution in [0.5, 0.6) is 0 Å². The molecule has 1 nitrogen and oxygen atoms in total. The number of carbonyl (C=O) groups excluding carboxylic acids is 1. The van der Waals surface area contributed by atoms with Gasteiger partial charge in [0, 0.05) is 11.5 Å². The Kier molecular flexibility index (Phi) is 3.70. The SMILES string of the molecule is O=C(c1ccc([C@H]2CC2(Cl)Cl)cc1)C(Br)Br. The summed E-state index contributed by atoms with van der Waals surface area (Å²) in [6.07, 6.45) is 0.781. The Morgan fingerprint density at radius 2 is 1.81 bits per heavy atom. The van der Waals surface area contributed by atoms with E-state index >= 15 is 0 Å². The maximum atomic E-state index is 11.6. The maximum absolute atomic E-state index is 11.6. The molecule has 1 aliphatic carbocycles. The number of alkyl halides is 4. The smallest absolute Gasteiger partial charge is 0.187 e. The van der Waals surface area contributed by atoms with Crippen molar-refractivity contribution in [1.29, 1.82) is 0 Å². The molecule has 0 aromatic heterocycles. The van der Waals surface area contributed by atoms with E-state index in [1.54, 1.807) is 12.1 Å². The molecule has 0 heterocycles. The molecule has 0 amide bonds. The summed E-state index contributed by atoms with van der Waals surface area (Å²) >= 11 is 18.3. The van der Waals surface area contributed by atoms with Gasteiger partial charge < -0.3 is 0 Å². The van der Waals surface area contributed by atoms with Crippen molar-refractivity contribution in [3.63, 3.8) is 0 Å². The monoisotopic (exact) mass is 384 g/mol. The second-order valence-corrected chi connectivity index (χ2v) is 8.41. The van der Waals surface area contributed by atoms with Gasteiger partial charge in [-0.15, -0.1) is 23.2 Å². The van der Waals surface area contributed by atoms with Crippen LogP contribution in [-0.4, -0.2) is 13.9 Å². The van der Waals surface area contributed by atoms with Gasteiger partial charge in [0.05, 0.1) is 0 Å². The third-order valence-corrected chi connectivity index (χ3v) is 4.29. The molecule has 1 aromatic carbocycles. The van der Waals surface area contributed by atoms with E-state index in [4.69, 9.17) is 23.2 Å². The fourth-order valence-corrected chi connectivity index (χ4v) is 2.67. The number of rotatable bonds is 3. The summed E-state index contributed by atoms with van der Waals surface area (Å²) in [4.78, 5) is 11.6. The Balaban J connectivity index is 2.15. The van der Waals surface area contributed by atoms with Crippen LogP contribution in [-0.2, 0) is 0 Å². The normalized spacial score (nSPS) is 22.2.